The molecule has 0 amide bonds. The van der Waals surface area contributed by atoms with Crippen molar-refractivity contribution < 1.29 is 9.47 Å². The van der Waals surface area contributed by atoms with Gasteiger partial charge in [-0.15, -0.1) is 0 Å². The monoisotopic (exact) mass is 299 g/mol. The molecular formula is C16H26ClNO2. The number of halogens is 1. The summed E-state index contributed by atoms with van der Waals surface area (Å²) in [5.41, 5.74) is 2.11. The first-order valence-corrected chi connectivity index (χ1v) is 7.64. The van der Waals surface area contributed by atoms with Gasteiger partial charge in [-0.1, -0.05) is 11.6 Å². The molecule has 0 spiro atoms. The van der Waals surface area contributed by atoms with Gasteiger partial charge < -0.3 is 14.8 Å². The van der Waals surface area contributed by atoms with Crippen LogP contribution < -0.4 is 10.1 Å². The predicted molar refractivity (Wildman–Crippen MR) is 85.0 cm³/mol. The van der Waals surface area contributed by atoms with Crippen LogP contribution >= 0.6 is 11.6 Å². The van der Waals surface area contributed by atoms with E-state index < -0.39 is 0 Å². The highest BCUT2D eigenvalue weighted by atomic mass is 35.5. The topological polar surface area (TPSA) is 30.5 Å². The highest BCUT2D eigenvalue weighted by molar-refractivity contribution is 6.32. The Labute approximate surface area is 127 Å². The highest BCUT2D eigenvalue weighted by Gasteiger charge is 2.07. The minimum absolute atomic E-state index is 0.127. The molecule has 0 bridgehead atoms. The second kappa shape index (κ2) is 9.22. The maximum absolute atomic E-state index is 6.15. The number of aryl methyl sites for hydroxylation is 2. The normalized spacial score (nSPS) is 12.4. The average Bonchev–Trinajstić information content (AvgIpc) is 2.40. The second-order valence-corrected chi connectivity index (χ2v) is 5.43. The zero-order chi connectivity index (χ0) is 15.0. The van der Waals surface area contributed by atoms with Gasteiger partial charge >= 0.3 is 0 Å². The van der Waals surface area contributed by atoms with E-state index in [-0.39, 0.29) is 6.10 Å². The Balaban J connectivity index is 2.30. The van der Waals surface area contributed by atoms with Gasteiger partial charge in [-0.05, 0) is 63.9 Å². The molecule has 1 atom stereocenters. The van der Waals surface area contributed by atoms with Crippen molar-refractivity contribution >= 4 is 11.6 Å². The van der Waals surface area contributed by atoms with Gasteiger partial charge in [-0.25, -0.2) is 0 Å². The van der Waals surface area contributed by atoms with E-state index in [0.29, 0.717) is 0 Å². The molecule has 0 heterocycles. The lowest BCUT2D eigenvalue weighted by Crippen LogP contribution is -2.30. The molecule has 1 rings (SSSR count). The van der Waals surface area contributed by atoms with E-state index in [0.717, 1.165) is 54.6 Å². The van der Waals surface area contributed by atoms with Crippen molar-refractivity contribution in [2.45, 2.75) is 40.2 Å². The maximum Gasteiger partial charge on any atom is 0.120 e. The lowest BCUT2D eigenvalue weighted by Gasteiger charge is -2.17. The first kappa shape index (κ1) is 17.3. The quantitative estimate of drug-likeness (QED) is 0.705. The number of hydrogen-bond donors (Lipinski definition) is 1. The van der Waals surface area contributed by atoms with Crippen molar-refractivity contribution in [1.29, 1.82) is 0 Å². The summed E-state index contributed by atoms with van der Waals surface area (Å²) < 4.78 is 11.2. The van der Waals surface area contributed by atoms with Crippen molar-refractivity contribution in [3.8, 4) is 5.75 Å². The van der Waals surface area contributed by atoms with E-state index >= 15 is 0 Å². The third-order valence-corrected chi connectivity index (χ3v) is 3.62. The van der Waals surface area contributed by atoms with Gasteiger partial charge in [0.2, 0.25) is 0 Å². The number of hydrogen-bond acceptors (Lipinski definition) is 3. The number of nitrogens with one attached hydrogen (secondary N) is 1. The van der Waals surface area contributed by atoms with Crippen molar-refractivity contribution in [2.24, 2.45) is 0 Å². The minimum Gasteiger partial charge on any atom is -0.489 e. The molecule has 1 aromatic carbocycles. The Morgan fingerprint density at radius 1 is 1.25 bits per heavy atom. The molecule has 0 aromatic heterocycles. The summed E-state index contributed by atoms with van der Waals surface area (Å²) in [5.74, 6) is 0.882. The first-order valence-electron chi connectivity index (χ1n) is 7.26. The fourth-order valence-electron chi connectivity index (χ4n) is 2.00. The number of rotatable bonds is 9. The van der Waals surface area contributed by atoms with Gasteiger partial charge in [-0.3, -0.25) is 0 Å². The van der Waals surface area contributed by atoms with Crippen molar-refractivity contribution in [3.05, 3.63) is 28.3 Å². The van der Waals surface area contributed by atoms with E-state index in [1.54, 1.807) is 0 Å². The third kappa shape index (κ3) is 6.12. The lowest BCUT2D eigenvalue weighted by atomic mass is 10.1. The summed E-state index contributed by atoms with van der Waals surface area (Å²) in [6, 6.07) is 3.97. The molecule has 1 N–H and O–H groups in total. The summed E-state index contributed by atoms with van der Waals surface area (Å²) in [6.07, 6.45) is 1.15. The lowest BCUT2D eigenvalue weighted by molar-refractivity contribution is 0.143. The summed E-state index contributed by atoms with van der Waals surface area (Å²) in [7, 11) is 0. The van der Waals surface area contributed by atoms with Crippen molar-refractivity contribution in [1.82, 2.24) is 5.32 Å². The van der Waals surface area contributed by atoms with Gasteiger partial charge in [-0.2, -0.15) is 0 Å². The van der Waals surface area contributed by atoms with E-state index in [1.165, 1.54) is 0 Å². The van der Waals surface area contributed by atoms with Crippen LogP contribution in [0.15, 0.2) is 12.1 Å². The Morgan fingerprint density at radius 2 is 1.90 bits per heavy atom. The first-order chi connectivity index (χ1) is 9.54. The van der Waals surface area contributed by atoms with E-state index in [4.69, 9.17) is 21.1 Å². The molecule has 0 radical (unpaired) electrons. The zero-order valence-corrected chi connectivity index (χ0v) is 13.7. The Morgan fingerprint density at radius 3 is 2.50 bits per heavy atom. The largest absolute Gasteiger partial charge is 0.489 e. The fourth-order valence-corrected chi connectivity index (χ4v) is 2.11. The molecule has 1 aromatic rings. The van der Waals surface area contributed by atoms with Crippen molar-refractivity contribution in [3.63, 3.8) is 0 Å². The van der Waals surface area contributed by atoms with Crippen molar-refractivity contribution in [2.75, 3.05) is 26.3 Å². The molecule has 0 saturated heterocycles. The smallest absolute Gasteiger partial charge is 0.120 e. The Bertz CT molecular complexity index is 386. The van der Waals surface area contributed by atoms with Crippen LogP contribution in [-0.4, -0.2) is 32.4 Å². The van der Waals surface area contributed by atoms with Crippen LogP contribution in [0.25, 0.3) is 0 Å². The van der Waals surface area contributed by atoms with Crippen LogP contribution in [0.1, 0.15) is 31.4 Å². The van der Waals surface area contributed by atoms with Crippen LogP contribution in [0.5, 0.6) is 5.75 Å². The summed E-state index contributed by atoms with van der Waals surface area (Å²) in [6.45, 7) is 11.5. The van der Waals surface area contributed by atoms with E-state index in [9.17, 15) is 0 Å². The van der Waals surface area contributed by atoms with Crippen LogP contribution in [-0.2, 0) is 4.74 Å². The van der Waals surface area contributed by atoms with Gasteiger partial charge in [0, 0.05) is 24.8 Å². The second-order valence-electron chi connectivity index (χ2n) is 5.05. The minimum atomic E-state index is 0.127. The molecule has 0 aliphatic heterocycles. The van der Waals surface area contributed by atoms with Crippen LogP contribution in [0.2, 0.25) is 5.02 Å². The Hall–Kier alpha value is -0.770. The molecular weight excluding hydrogens is 274 g/mol. The van der Waals surface area contributed by atoms with Crippen LogP contribution in [0.4, 0.5) is 0 Å². The molecule has 1 unspecified atom stereocenters. The van der Waals surface area contributed by atoms with Gasteiger partial charge in [0.05, 0.1) is 0 Å². The predicted octanol–water partition coefficient (Wildman–Crippen LogP) is 3.74. The average molecular weight is 300 g/mol. The fraction of sp³-hybridized carbons (Fsp3) is 0.625. The van der Waals surface area contributed by atoms with Crippen LogP contribution in [0.3, 0.4) is 0 Å². The molecule has 0 aliphatic rings. The van der Waals surface area contributed by atoms with Gasteiger partial charge in [0.25, 0.3) is 0 Å². The molecule has 3 nitrogen and oxygen atoms in total. The molecule has 114 valence electrons. The maximum atomic E-state index is 6.15. The van der Waals surface area contributed by atoms with Crippen LogP contribution in [0, 0.1) is 13.8 Å². The Kier molecular flexibility index (Phi) is 7.97. The standard InChI is InChI=1S/C16H26ClNO2/c1-5-19-8-6-7-18-11-14(4)20-15-9-12(2)16(17)13(3)10-15/h9-10,14,18H,5-8,11H2,1-4H3. The van der Waals surface area contributed by atoms with E-state index in [2.05, 4.69) is 12.2 Å². The number of benzene rings is 1. The molecule has 0 fully saturated rings. The molecule has 0 aliphatic carbocycles. The summed E-state index contributed by atoms with van der Waals surface area (Å²) in [4.78, 5) is 0. The summed E-state index contributed by atoms with van der Waals surface area (Å²) in [5, 5.41) is 4.19. The molecule has 0 saturated carbocycles. The van der Waals surface area contributed by atoms with Gasteiger partial charge in [0.15, 0.2) is 0 Å². The number of ether oxygens (including phenoxy) is 2. The SMILES string of the molecule is CCOCCCNCC(C)Oc1cc(C)c(Cl)c(C)c1. The highest BCUT2D eigenvalue weighted by Crippen LogP contribution is 2.26. The zero-order valence-electron chi connectivity index (χ0n) is 13.0. The molecule has 4 heteroatoms. The van der Waals surface area contributed by atoms with Gasteiger partial charge in [0.1, 0.15) is 11.9 Å². The third-order valence-electron chi connectivity index (χ3n) is 3.03. The van der Waals surface area contributed by atoms with E-state index in [1.807, 2.05) is 32.9 Å². The summed E-state index contributed by atoms with van der Waals surface area (Å²) >= 11 is 6.15. The molecule has 20 heavy (non-hydrogen) atoms.